The summed E-state index contributed by atoms with van der Waals surface area (Å²) in [5.41, 5.74) is -2.76. The molecule has 0 atom stereocenters. The largest absolute Gasteiger partial charge is 0.433 e. The molecule has 1 rings (SSSR count). The number of aromatic nitrogens is 2. The van der Waals surface area contributed by atoms with E-state index < -0.39 is 37.2 Å². The zero-order valence-corrected chi connectivity index (χ0v) is 11.3. The lowest BCUT2D eigenvalue weighted by Gasteiger charge is -2.29. The average Bonchev–Trinajstić information content (AvgIpc) is 2.44. The molecule has 0 saturated carbocycles. The number of aliphatic hydroxyl groups is 3. The highest BCUT2D eigenvalue weighted by Crippen LogP contribution is 2.30. The molecule has 0 spiro atoms. The van der Waals surface area contributed by atoms with Crippen LogP contribution in [-0.4, -0.2) is 57.2 Å². The molecule has 0 aliphatic rings. The summed E-state index contributed by atoms with van der Waals surface area (Å²) in [6.45, 7) is -0.103. The Labute approximate surface area is 118 Å². The SMILES string of the molecule is CCNc1nc(NC(CO)(CO)CO)cc(C(F)(F)F)n1. The molecule has 7 nitrogen and oxygen atoms in total. The summed E-state index contributed by atoms with van der Waals surface area (Å²) in [5.74, 6) is -0.525. The fraction of sp³-hybridized carbons (Fsp3) is 0.636. The maximum Gasteiger partial charge on any atom is 0.433 e. The third-order valence-corrected chi connectivity index (χ3v) is 2.65. The normalized spacial score (nSPS) is 12.3. The van der Waals surface area contributed by atoms with Crippen molar-refractivity contribution in [1.29, 1.82) is 0 Å². The molecule has 1 aromatic heterocycles. The first kappa shape index (κ1) is 17.4. The van der Waals surface area contributed by atoms with Gasteiger partial charge < -0.3 is 26.0 Å². The highest BCUT2D eigenvalue weighted by molar-refractivity contribution is 5.45. The minimum atomic E-state index is -4.68. The van der Waals surface area contributed by atoms with Crippen LogP contribution in [0.25, 0.3) is 0 Å². The van der Waals surface area contributed by atoms with Crippen LogP contribution in [0.4, 0.5) is 24.9 Å². The fourth-order valence-corrected chi connectivity index (χ4v) is 1.43. The zero-order chi connectivity index (χ0) is 16.1. The van der Waals surface area contributed by atoms with Gasteiger partial charge in [0.2, 0.25) is 5.95 Å². The highest BCUT2D eigenvalue weighted by atomic mass is 19.4. The minimum absolute atomic E-state index is 0.252. The average molecular weight is 310 g/mol. The molecule has 1 heterocycles. The van der Waals surface area contributed by atoms with Crippen molar-refractivity contribution in [2.24, 2.45) is 0 Å². The summed E-state index contributed by atoms with van der Waals surface area (Å²) in [6.07, 6.45) is -4.68. The van der Waals surface area contributed by atoms with Crippen molar-refractivity contribution < 1.29 is 28.5 Å². The lowest BCUT2D eigenvalue weighted by atomic mass is 10.0. The van der Waals surface area contributed by atoms with Crippen LogP contribution in [0.3, 0.4) is 0 Å². The molecule has 0 aliphatic carbocycles. The maximum atomic E-state index is 12.8. The van der Waals surface area contributed by atoms with Crippen molar-refractivity contribution in [3.8, 4) is 0 Å². The van der Waals surface area contributed by atoms with Gasteiger partial charge in [0.15, 0.2) is 5.69 Å². The molecule has 0 radical (unpaired) electrons. The lowest BCUT2D eigenvalue weighted by Crippen LogP contribution is -2.49. The van der Waals surface area contributed by atoms with Crippen molar-refractivity contribution in [2.75, 3.05) is 37.0 Å². The zero-order valence-electron chi connectivity index (χ0n) is 11.3. The molecule has 5 N–H and O–H groups in total. The van der Waals surface area contributed by atoms with Gasteiger partial charge >= 0.3 is 6.18 Å². The molecule has 0 unspecified atom stereocenters. The Morgan fingerprint density at radius 3 is 2.10 bits per heavy atom. The van der Waals surface area contributed by atoms with E-state index in [9.17, 15) is 28.5 Å². The van der Waals surface area contributed by atoms with Gasteiger partial charge in [0, 0.05) is 12.6 Å². The topological polar surface area (TPSA) is 111 Å². The van der Waals surface area contributed by atoms with E-state index in [1.165, 1.54) is 0 Å². The second-order valence-corrected chi connectivity index (χ2v) is 4.37. The van der Waals surface area contributed by atoms with E-state index in [4.69, 9.17) is 0 Å². The Kier molecular flexibility index (Phi) is 5.70. The molecule has 1 aromatic rings. The Morgan fingerprint density at radius 1 is 1.10 bits per heavy atom. The smallest absolute Gasteiger partial charge is 0.394 e. The van der Waals surface area contributed by atoms with Crippen LogP contribution < -0.4 is 10.6 Å². The van der Waals surface area contributed by atoms with Crippen molar-refractivity contribution in [2.45, 2.75) is 18.6 Å². The Bertz CT molecular complexity index is 458. The maximum absolute atomic E-state index is 12.8. The van der Waals surface area contributed by atoms with Crippen LogP contribution in [0.1, 0.15) is 12.6 Å². The summed E-state index contributed by atoms with van der Waals surface area (Å²) >= 11 is 0. The van der Waals surface area contributed by atoms with Crippen LogP contribution in [0.5, 0.6) is 0 Å². The van der Waals surface area contributed by atoms with E-state index in [1.807, 2.05) is 0 Å². The molecule has 0 aliphatic heterocycles. The second kappa shape index (κ2) is 6.87. The van der Waals surface area contributed by atoms with Crippen LogP contribution in [0.2, 0.25) is 0 Å². The fourth-order valence-electron chi connectivity index (χ4n) is 1.43. The van der Waals surface area contributed by atoms with Gasteiger partial charge in [0.25, 0.3) is 0 Å². The van der Waals surface area contributed by atoms with E-state index in [0.29, 0.717) is 12.6 Å². The number of anilines is 2. The van der Waals surface area contributed by atoms with Crippen molar-refractivity contribution in [3.63, 3.8) is 0 Å². The predicted molar refractivity (Wildman–Crippen MR) is 68.8 cm³/mol. The molecule has 0 amide bonds. The molecule has 21 heavy (non-hydrogen) atoms. The van der Waals surface area contributed by atoms with Crippen molar-refractivity contribution in [1.82, 2.24) is 9.97 Å². The van der Waals surface area contributed by atoms with Gasteiger partial charge in [0.1, 0.15) is 11.4 Å². The summed E-state index contributed by atoms with van der Waals surface area (Å²) in [4.78, 5) is 7.13. The molecule has 120 valence electrons. The first-order valence-electron chi connectivity index (χ1n) is 6.11. The highest BCUT2D eigenvalue weighted by Gasteiger charge is 2.35. The van der Waals surface area contributed by atoms with Gasteiger partial charge in [-0.15, -0.1) is 0 Å². The van der Waals surface area contributed by atoms with Crippen molar-refractivity contribution in [3.05, 3.63) is 11.8 Å². The number of alkyl halides is 3. The van der Waals surface area contributed by atoms with Crippen LogP contribution in [0, 0.1) is 0 Å². The lowest BCUT2D eigenvalue weighted by molar-refractivity contribution is -0.141. The Balaban J connectivity index is 3.19. The first-order chi connectivity index (χ1) is 9.80. The Hall–Kier alpha value is -1.65. The standard InChI is InChI=1S/C11H17F3N4O3/c1-2-15-9-16-7(11(12,13)14)3-8(17-9)18-10(4-19,5-20)6-21/h3,19-21H,2,4-6H2,1H3,(H2,15,16,17,18). The summed E-state index contributed by atoms with van der Waals surface area (Å²) in [5, 5.41) is 32.5. The second-order valence-electron chi connectivity index (χ2n) is 4.37. The van der Waals surface area contributed by atoms with E-state index in [-0.39, 0.29) is 11.8 Å². The third kappa shape index (κ3) is 4.41. The van der Waals surface area contributed by atoms with Gasteiger partial charge in [-0.25, -0.2) is 4.98 Å². The first-order valence-corrected chi connectivity index (χ1v) is 6.11. The van der Waals surface area contributed by atoms with E-state index in [1.54, 1.807) is 6.92 Å². The number of rotatable bonds is 7. The summed E-state index contributed by atoms with van der Waals surface area (Å²) in [7, 11) is 0. The summed E-state index contributed by atoms with van der Waals surface area (Å²) < 4.78 is 38.3. The number of nitrogens with zero attached hydrogens (tertiary/aromatic N) is 2. The number of aliphatic hydroxyl groups excluding tert-OH is 3. The van der Waals surface area contributed by atoms with Crippen LogP contribution in [0.15, 0.2) is 6.07 Å². The number of halogens is 3. The van der Waals surface area contributed by atoms with Gasteiger partial charge in [-0.1, -0.05) is 0 Å². The van der Waals surface area contributed by atoms with E-state index in [2.05, 4.69) is 20.6 Å². The van der Waals surface area contributed by atoms with Gasteiger partial charge in [0.05, 0.1) is 19.8 Å². The summed E-state index contributed by atoms with van der Waals surface area (Å²) in [6, 6.07) is 0.635. The van der Waals surface area contributed by atoms with Gasteiger partial charge in [-0.2, -0.15) is 18.2 Å². The number of hydrogen-bond donors (Lipinski definition) is 5. The third-order valence-electron chi connectivity index (χ3n) is 2.65. The Morgan fingerprint density at radius 2 is 1.67 bits per heavy atom. The van der Waals surface area contributed by atoms with Crippen molar-refractivity contribution >= 4 is 11.8 Å². The molecule has 0 aromatic carbocycles. The van der Waals surface area contributed by atoms with E-state index >= 15 is 0 Å². The molecule has 0 saturated heterocycles. The van der Waals surface area contributed by atoms with E-state index in [0.717, 1.165) is 0 Å². The molecular formula is C11H17F3N4O3. The van der Waals surface area contributed by atoms with Crippen LogP contribution in [-0.2, 0) is 6.18 Å². The molecular weight excluding hydrogens is 293 g/mol. The minimum Gasteiger partial charge on any atom is -0.394 e. The molecule has 0 bridgehead atoms. The molecule has 0 fully saturated rings. The number of hydrogen-bond acceptors (Lipinski definition) is 7. The number of nitrogens with one attached hydrogen (secondary N) is 2. The van der Waals surface area contributed by atoms with Gasteiger partial charge in [-0.05, 0) is 6.92 Å². The quantitative estimate of drug-likeness (QED) is 0.484. The molecule has 10 heteroatoms. The monoisotopic (exact) mass is 310 g/mol. The predicted octanol–water partition coefficient (Wildman–Crippen LogP) is 0.0548. The van der Waals surface area contributed by atoms with Gasteiger partial charge in [-0.3, -0.25) is 0 Å². The van der Waals surface area contributed by atoms with Crippen LogP contribution >= 0.6 is 0 Å².